The Bertz CT molecular complexity index is 625. The second-order valence-electron chi connectivity index (χ2n) is 4.08. The van der Waals surface area contributed by atoms with Crippen LogP contribution in [-0.2, 0) is 6.67 Å². The molecule has 1 N–H and O–H groups in total. The van der Waals surface area contributed by atoms with Gasteiger partial charge in [0, 0.05) is 5.02 Å². The van der Waals surface area contributed by atoms with Crippen molar-refractivity contribution in [3.8, 4) is 5.69 Å². The Balaban J connectivity index is 1.83. The molecule has 18 heavy (non-hydrogen) atoms. The van der Waals surface area contributed by atoms with Crippen LogP contribution in [0.25, 0.3) is 5.69 Å². The van der Waals surface area contributed by atoms with E-state index in [2.05, 4.69) is 18.7 Å². The minimum absolute atomic E-state index is 0.752. The monoisotopic (exact) mass is 260 g/mol. The molecule has 90 valence electrons. The molecule has 0 aliphatic carbocycles. The van der Waals surface area contributed by atoms with Crippen LogP contribution in [0.4, 0.5) is 0 Å². The topological polar surface area (TPSA) is 28.5 Å². The third-order valence-electron chi connectivity index (χ3n) is 2.75. The van der Waals surface area contributed by atoms with Gasteiger partial charge >= 0.3 is 0 Å². The summed E-state index contributed by atoms with van der Waals surface area (Å²) in [6.07, 6.45) is 11.9. The van der Waals surface area contributed by atoms with Crippen molar-refractivity contribution in [2.24, 2.45) is 0 Å². The first-order valence-electron chi connectivity index (χ1n) is 5.66. The Kier molecular flexibility index (Phi) is 2.86. The van der Waals surface area contributed by atoms with Crippen molar-refractivity contribution < 1.29 is 9.13 Å². The van der Waals surface area contributed by atoms with Gasteiger partial charge in [-0.1, -0.05) is 11.6 Å². The summed E-state index contributed by atoms with van der Waals surface area (Å²) in [6.45, 7) is 0.782. The first-order chi connectivity index (χ1) is 8.81. The molecule has 0 atom stereocenters. The van der Waals surface area contributed by atoms with Gasteiger partial charge in [0.1, 0.15) is 30.5 Å². The van der Waals surface area contributed by atoms with Gasteiger partial charge in [-0.25, -0.2) is 4.57 Å². The molecule has 0 unspecified atom stereocenters. The lowest BCUT2D eigenvalue weighted by Gasteiger charge is -1.95. The molecule has 0 spiro atoms. The summed E-state index contributed by atoms with van der Waals surface area (Å²) in [7, 11) is 0. The molecular weight excluding hydrogens is 248 g/mol. The van der Waals surface area contributed by atoms with Gasteiger partial charge in [0.2, 0.25) is 13.0 Å². The summed E-state index contributed by atoms with van der Waals surface area (Å²) in [5.74, 6) is 0. The molecule has 2 heterocycles. The fourth-order valence-corrected chi connectivity index (χ4v) is 1.97. The van der Waals surface area contributed by atoms with Crippen molar-refractivity contribution >= 4 is 11.6 Å². The van der Waals surface area contributed by atoms with Gasteiger partial charge in [-0.05, 0) is 24.3 Å². The molecule has 3 rings (SSSR count). The number of imidazole rings is 2. The standard InChI is InChI=1S/C13H12ClN4/c14-12-1-3-13(4-2-12)18-8-7-17(11-18)10-16-6-5-15-9-16/h1-9,11H,10H2/q+1/p+1. The summed E-state index contributed by atoms with van der Waals surface area (Å²) in [5.41, 5.74) is 1.09. The van der Waals surface area contributed by atoms with Gasteiger partial charge in [-0.15, -0.1) is 0 Å². The van der Waals surface area contributed by atoms with Crippen LogP contribution in [0.1, 0.15) is 0 Å². The highest BCUT2D eigenvalue weighted by molar-refractivity contribution is 6.30. The average Bonchev–Trinajstić information content (AvgIpc) is 3.02. The lowest BCUT2D eigenvalue weighted by molar-refractivity contribution is -0.912. The quantitative estimate of drug-likeness (QED) is 0.692. The van der Waals surface area contributed by atoms with Crippen LogP contribution in [-0.4, -0.2) is 9.55 Å². The van der Waals surface area contributed by atoms with Crippen LogP contribution in [0.5, 0.6) is 0 Å². The van der Waals surface area contributed by atoms with Crippen molar-refractivity contribution in [1.29, 1.82) is 0 Å². The molecule has 0 fully saturated rings. The molecule has 0 aliphatic heterocycles. The maximum Gasteiger partial charge on any atom is 0.252 e. The molecule has 5 heteroatoms. The van der Waals surface area contributed by atoms with Gasteiger partial charge < -0.3 is 0 Å². The molecule has 0 saturated carbocycles. The maximum absolute atomic E-state index is 5.88. The van der Waals surface area contributed by atoms with Gasteiger partial charge in [-0.3, -0.25) is 4.98 Å². The lowest BCUT2D eigenvalue weighted by atomic mass is 10.3. The van der Waals surface area contributed by atoms with Gasteiger partial charge in [0.15, 0.2) is 0 Å². The number of hydrogen-bond acceptors (Lipinski definition) is 0. The molecule has 2 aromatic heterocycles. The molecule has 4 nitrogen and oxygen atoms in total. The number of aromatic nitrogens is 4. The molecule has 3 aromatic rings. The molecular formula is C13H13ClN4+2. The van der Waals surface area contributed by atoms with Crippen molar-refractivity contribution in [2.75, 3.05) is 0 Å². The first kappa shape index (κ1) is 11.0. The number of H-pyrrole nitrogens is 1. The highest BCUT2D eigenvalue weighted by atomic mass is 35.5. The van der Waals surface area contributed by atoms with Crippen molar-refractivity contribution in [3.63, 3.8) is 0 Å². The van der Waals surface area contributed by atoms with E-state index in [0.29, 0.717) is 0 Å². The van der Waals surface area contributed by atoms with Gasteiger partial charge in [0.25, 0.3) is 6.33 Å². The summed E-state index contributed by atoms with van der Waals surface area (Å²) >= 11 is 5.88. The van der Waals surface area contributed by atoms with E-state index in [9.17, 15) is 0 Å². The number of nitrogens with zero attached hydrogens (tertiary/aromatic N) is 3. The third kappa shape index (κ3) is 2.28. The Labute approximate surface area is 110 Å². The lowest BCUT2D eigenvalue weighted by Crippen LogP contribution is -2.49. The molecule has 0 aliphatic rings. The molecule has 0 saturated heterocycles. The molecule has 0 radical (unpaired) electrons. The predicted octanol–water partition coefficient (Wildman–Crippen LogP) is 1.54. The Morgan fingerprint density at radius 3 is 2.67 bits per heavy atom. The minimum Gasteiger partial charge on any atom is -0.250 e. The number of benzene rings is 1. The first-order valence-corrected chi connectivity index (χ1v) is 6.04. The van der Waals surface area contributed by atoms with E-state index in [1.54, 1.807) is 0 Å². The Hall–Kier alpha value is -2.07. The Morgan fingerprint density at radius 1 is 1.11 bits per heavy atom. The smallest absolute Gasteiger partial charge is 0.250 e. The van der Waals surface area contributed by atoms with E-state index >= 15 is 0 Å². The van der Waals surface area contributed by atoms with E-state index < -0.39 is 0 Å². The van der Waals surface area contributed by atoms with Crippen LogP contribution in [0.3, 0.4) is 0 Å². The normalized spacial score (nSPS) is 10.7. The molecule has 0 bridgehead atoms. The van der Waals surface area contributed by atoms with E-state index in [4.69, 9.17) is 11.6 Å². The summed E-state index contributed by atoms with van der Waals surface area (Å²) in [6, 6.07) is 7.77. The van der Waals surface area contributed by atoms with Crippen molar-refractivity contribution in [3.05, 3.63) is 66.7 Å². The van der Waals surface area contributed by atoms with E-state index in [0.717, 1.165) is 17.4 Å². The van der Waals surface area contributed by atoms with Crippen molar-refractivity contribution in [1.82, 2.24) is 9.55 Å². The van der Waals surface area contributed by atoms with Crippen LogP contribution in [0.2, 0.25) is 5.02 Å². The minimum atomic E-state index is 0.752. The maximum atomic E-state index is 5.88. The van der Waals surface area contributed by atoms with Crippen LogP contribution >= 0.6 is 11.6 Å². The highest BCUT2D eigenvalue weighted by Crippen LogP contribution is 2.12. The van der Waals surface area contributed by atoms with E-state index in [1.165, 1.54) is 0 Å². The molecule has 0 amide bonds. The van der Waals surface area contributed by atoms with Crippen LogP contribution in [0.15, 0.2) is 61.7 Å². The fourth-order valence-electron chi connectivity index (χ4n) is 1.84. The van der Waals surface area contributed by atoms with E-state index in [1.807, 2.05) is 61.7 Å². The number of aromatic amines is 1. The van der Waals surface area contributed by atoms with Crippen molar-refractivity contribution in [2.45, 2.75) is 6.67 Å². The second kappa shape index (κ2) is 4.66. The number of nitrogens with one attached hydrogen (secondary N) is 1. The van der Waals surface area contributed by atoms with Gasteiger partial charge in [0.05, 0.1) is 0 Å². The van der Waals surface area contributed by atoms with E-state index in [-0.39, 0.29) is 0 Å². The fraction of sp³-hybridized carbons (Fsp3) is 0.0769. The van der Waals surface area contributed by atoms with Crippen LogP contribution < -0.4 is 9.13 Å². The second-order valence-corrected chi connectivity index (χ2v) is 4.52. The zero-order valence-corrected chi connectivity index (χ0v) is 10.5. The van der Waals surface area contributed by atoms with Crippen LogP contribution in [0, 0.1) is 0 Å². The Morgan fingerprint density at radius 2 is 1.94 bits per heavy atom. The highest BCUT2D eigenvalue weighted by Gasteiger charge is 2.08. The third-order valence-corrected chi connectivity index (χ3v) is 3.00. The zero-order valence-electron chi connectivity index (χ0n) is 9.70. The molecule has 1 aromatic carbocycles. The SMILES string of the molecule is Clc1ccc(-n2cc[n+](C[n+]3cc[nH]c3)c2)cc1. The number of halogens is 1. The predicted molar refractivity (Wildman–Crippen MR) is 67.4 cm³/mol. The number of hydrogen-bond donors (Lipinski definition) is 1. The summed E-state index contributed by atoms with van der Waals surface area (Å²) in [4.78, 5) is 3.02. The largest absolute Gasteiger partial charge is 0.252 e. The average molecular weight is 261 g/mol. The summed E-state index contributed by atoms with van der Waals surface area (Å²) in [5, 5.41) is 0.752. The summed E-state index contributed by atoms with van der Waals surface area (Å²) < 4.78 is 6.22. The van der Waals surface area contributed by atoms with Gasteiger partial charge in [-0.2, -0.15) is 9.13 Å². The zero-order chi connectivity index (χ0) is 12.4. The number of rotatable bonds is 3.